The standard InChI is InChI=1S/C8H12N2O/c1-7(6-9)10-4-2-8(11)3-5-10/h7H,2-5H2,1H3. The van der Waals surface area contributed by atoms with Crippen LogP contribution in [0.2, 0.25) is 0 Å². The lowest BCUT2D eigenvalue weighted by atomic mass is 10.1. The zero-order chi connectivity index (χ0) is 8.27. The molecular weight excluding hydrogens is 140 g/mol. The van der Waals surface area contributed by atoms with E-state index >= 15 is 0 Å². The van der Waals surface area contributed by atoms with E-state index in [2.05, 4.69) is 6.07 Å². The summed E-state index contributed by atoms with van der Waals surface area (Å²) in [5.41, 5.74) is 0. The van der Waals surface area contributed by atoms with Gasteiger partial charge >= 0.3 is 0 Å². The van der Waals surface area contributed by atoms with Crippen molar-refractivity contribution in [3.8, 4) is 6.07 Å². The molecule has 11 heavy (non-hydrogen) atoms. The summed E-state index contributed by atoms with van der Waals surface area (Å²) in [5, 5.41) is 8.58. The van der Waals surface area contributed by atoms with E-state index in [9.17, 15) is 4.79 Å². The first-order valence-electron chi connectivity index (χ1n) is 3.89. The topological polar surface area (TPSA) is 44.1 Å². The molecule has 1 heterocycles. The Hall–Kier alpha value is -0.880. The summed E-state index contributed by atoms with van der Waals surface area (Å²) < 4.78 is 0. The molecule has 0 bridgehead atoms. The maximum absolute atomic E-state index is 10.8. The van der Waals surface area contributed by atoms with Gasteiger partial charge in [0.25, 0.3) is 0 Å². The highest BCUT2D eigenvalue weighted by molar-refractivity contribution is 5.79. The van der Waals surface area contributed by atoms with E-state index in [-0.39, 0.29) is 6.04 Å². The number of nitriles is 1. The Bertz CT molecular complexity index is 185. The normalized spacial score (nSPS) is 22.7. The van der Waals surface area contributed by atoms with Gasteiger partial charge in [-0.2, -0.15) is 5.26 Å². The number of rotatable bonds is 1. The molecule has 0 aromatic carbocycles. The summed E-state index contributed by atoms with van der Waals surface area (Å²) in [6.45, 7) is 3.39. The van der Waals surface area contributed by atoms with E-state index in [1.54, 1.807) is 0 Å². The van der Waals surface area contributed by atoms with Gasteiger partial charge in [-0.05, 0) is 6.92 Å². The molecule has 0 aliphatic carbocycles. The van der Waals surface area contributed by atoms with Crippen LogP contribution in [0.5, 0.6) is 0 Å². The molecule has 0 amide bonds. The molecule has 0 aromatic rings. The van der Waals surface area contributed by atoms with Gasteiger partial charge in [0.15, 0.2) is 0 Å². The second kappa shape index (κ2) is 3.49. The van der Waals surface area contributed by atoms with Crippen molar-refractivity contribution in [1.29, 1.82) is 5.26 Å². The van der Waals surface area contributed by atoms with Gasteiger partial charge in [0.2, 0.25) is 0 Å². The van der Waals surface area contributed by atoms with Crippen LogP contribution >= 0.6 is 0 Å². The Balaban J connectivity index is 2.40. The molecule has 0 spiro atoms. The summed E-state index contributed by atoms with van der Waals surface area (Å²) in [6, 6.07) is 2.13. The number of nitrogens with zero attached hydrogens (tertiary/aromatic N) is 2. The minimum Gasteiger partial charge on any atom is -0.300 e. The van der Waals surface area contributed by atoms with Gasteiger partial charge < -0.3 is 0 Å². The lowest BCUT2D eigenvalue weighted by Crippen LogP contribution is -2.39. The zero-order valence-corrected chi connectivity index (χ0v) is 6.71. The van der Waals surface area contributed by atoms with E-state index in [1.807, 2.05) is 11.8 Å². The Kier molecular flexibility index (Phi) is 2.61. The van der Waals surface area contributed by atoms with Crippen LogP contribution in [0.4, 0.5) is 0 Å². The molecule has 0 radical (unpaired) electrons. The lowest BCUT2D eigenvalue weighted by molar-refractivity contribution is -0.121. The van der Waals surface area contributed by atoms with Gasteiger partial charge in [0.1, 0.15) is 5.78 Å². The van der Waals surface area contributed by atoms with Gasteiger partial charge in [0, 0.05) is 25.9 Å². The van der Waals surface area contributed by atoms with Crippen LogP contribution in [0.15, 0.2) is 0 Å². The first-order chi connectivity index (χ1) is 5.24. The van der Waals surface area contributed by atoms with Crippen molar-refractivity contribution in [2.75, 3.05) is 13.1 Å². The van der Waals surface area contributed by atoms with Crippen molar-refractivity contribution >= 4 is 5.78 Å². The molecule has 1 aliphatic rings. The molecule has 1 unspecified atom stereocenters. The van der Waals surface area contributed by atoms with E-state index in [4.69, 9.17) is 5.26 Å². The fourth-order valence-corrected chi connectivity index (χ4v) is 1.24. The molecule has 3 nitrogen and oxygen atoms in total. The van der Waals surface area contributed by atoms with Crippen molar-refractivity contribution in [2.24, 2.45) is 0 Å². The molecular formula is C8H12N2O. The predicted octanol–water partition coefficient (Wildman–Crippen LogP) is 0.563. The Morgan fingerprint density at radius 3 is 2.55 bits per heavy atom. The number of carbonyl (C=O) groups is 1. The Morgan fingerprint density at radius 2 is 2.09 bits per heavy atom. The zero-order valence-electron chi connectivity index (χ0n) is 6.71. The van der Waals surface area contributed by atoms with Gasteiger partial charge in [-0.3, -0.25) is 9.69 Å². The highest BCUT2D eigenvalue weighted by atomic mass is 16.1. The van der Waals surface area contributed by atoms with Crippen molar-refractivity contribution in [2.45, 2.75) is 25.8 Å². The van der Waals surface area contributed by atoms with Crippen LogP contribution in [-0.2, 0) is 4.79 Å². The number of likely N-dealkylation sites (tertiary alicyclic amines) is 1. The summed E-state index contributed by atoms with van der Waals surface area (Å²) in [7, 11) is 0. The number of Topliss-reactive ketones (excluding diaryl/α,β-unsaturated/α-hetero) is 1. The third-order valence-corrected chi connectivity index (χ3v) is 2.09. The molecule has 3 heteroatoms. The van der Waals surface area contributed by atoms with Crippen LogP contribution < -0.4 is 0 Å². The van der Waals surface area contributed by atoms with Crippen LogP contribution in [0.1, 0.15) is 19.8 Å². The quantitative estimate of drug-likeness (QED) is 0.551. The first-order valence-corrected chi connectivity index (χ1v) is 3.89. The third kappa shape index (κ3) is 2.02. The van der Waals surface area contributed by atoms with Crippen molar-refractivity contribution in [1.82, 2.24) is 4.90 Å². The molecule has 1 rings (SSSR count). The fourth-order valence-electron chi connectivity index (χ4n) is 1.24. The number of hydrogen-bond acceptors (Lipinski definition) is 3. The van der Waals surface area contributed by atoms with Crippen LogP contribution in [0.25, 0.3) is 0 Å². The van der Waals surface area contributed by atoms with Gasteiger partial charge in [0.05, 0.1) is 12.1 Å². The van der Waals surface area contributed by atoms with Crippen LogP contribution in [0.3, 0.4) is 0 Å². The van der Waals surface area contributed by atoms with Crippen molar-refractivity contribution in [3.05, 3.63) is 0 Å². The molecule has 0 aromatic heterocycles. The van der Waals surface area contributed by atoms with E-state index in [0.717, 1.165) is 13.1 Å². The maximum Gasteiger partial charge on any atom is 0.135 e. The second-order valence-electron chi connectivity index (χ2n) is 2.88. The molecule has 1 saturated heterocycles. The number of piperidine rings is 1. The SMILES string of the molecule is CC(C#N)N1CCC(=O)CC1. The van der Waals surface area contributed by atoms with E-state index in [1.165, 1.54) is 0 Å². The number of ketones is 1. The van der Waals surface area contributed by atoms with Gasteiger partial charge in [-0.15, -0.1) is 0 Å². The highest BCUT2D eigenvalue weighted by Crippen LogP contribution is 2.08. The minimum atomic E-state index is -0.0388. The first kappa shape index (κ1) is 8.22. The largest absolute Gasteiger partial charge is 0.300 e. The van der Waals surface area contributed by atoms with Crippen molar-refractivity contribution in [3.63, 3.8) is 0 Å². The van der Waals surface area contributed by atoms with Crippen LogP contribution in [0, 0.1) is 11.3 Å². The molecule has 1 fully saturated rings. The summed E-state index contributed by atoms with van der Waals surface area (Å²) in [6.07, 6.45) is 1.23. The van der Waals surface area contributed by atoms with E-state index in [0.29, 0.717) is 18.6 Å². The monoisotopic (exact) mass is 152 g/mol. The summed E-state index contributed by atoms with van der Waals surface area (Å²) >= 11 is 0. The number of hydrogen-bond donors (Lipinski definition) is 0. The third-order valence-electron chi connectivity index (χ3n) is 2.09. The lowest BCUT2D eigenvalue weighted by Gasteiger charge is -2.27. The maximum atomic E-state index is 10.8. The fraction of sp³-hybridized carbons (Fsp3) is 0.750. The molecule has 0 N–H and O–H groups in total. The van der Waals surface area contributed by atoms with Crippen molar-refractivity contribution < 1.29 is 4.79 Å². The smallest absolute Gasteiger partial charge is 0.135 e. The van der Waals surface area contributed by atoms with Gasteiger partial charge in [-0.25, -0.2) is 0 Å². The summed E-state index contributed by atoms with van der Waals surface area (Å²) in [4.78, 5) is 12.9. The highest BCUT2D eigenvalue weighted by Gasteiger charge is 2.19. The predicted molar refractivity (Wildman–Crippen MR) is 40.9 cm³/mol. The summed E-state index contributed by atoms with van der Waals surface area (Å²) in [5.74, 6) is 0.325. The number of carbonyl (C=O) groups excluding carboxylic acids is 1. The second-order valence-corrected chi connectivity index (χ2v) is 2.88. The Morgan fingerprint density at radius 1 is 1.55 bits per heavy atom. The van der Waals surface area contributed by atoms with Crippen LogP contribution in [-0.4, -0.2) is 29.8 Å². The average Bonchev–Trinajstić information content (AvgIpc) is 2.05. The van der Waals surface area contributed by atoms with E-state index < -0.39 is 0 Å². The van der Waals surface area contributed by atoms with Gasteiger partial charge in [-0.1, -0.05) is 0 Å². The molecule has 1 aliphatic heterocycles. The minimum absolute atomic E-state index is 0.0388. The molecule has 0 saturated carbocycles. The Labute approximate surface area is 66.6 Å². The molecule has 60 valence electrons. The average molecular weight is 152 g/mol. The molecule has 1 atom stereocenters.